The van der Waals surface area contributed by atoms with Crippen LogP contribution in [0, 0.1) is 11.6 Å². The third kappa shape index (κ3) is 4.76. The van der Waals surface area contributed by atoms with Crippen molar-refractivity contribution in [2.24, 2.45) is 0 Å². The lowest BCUT2D eigenvalue weighted by atomic mass is 10.1. The maximum Gasteiger partial charge on any atom is 0.345 e. The van der Waals surface area contributed by atoms with Crippen molar-refractivity contribution in [1.82, 2.24) is 0 Å². The van der Waals surface area contributed by atoms with Gasteiger partial charge in [0.2, 0.25) is 6.10 Å². The van der Waals surface area contributed by atoms with Gasteiger partial charge in [0.15, 0.2) is 0 Å². The average Bonchev–Trinajstić information content (AvgIpc) is 2.72. The number of halogens is 2. The van der Waals surface area contributed by atoms with Crippen molar-refractivity contribution in [1.29, 1.82) is 0 Å². The van der Waals surface area contributed by atoms with Gasteiger partial charge in [0, 0.05) is 17.3 Å². The largest absolute Gasteiger partial charge is 0.497 e. The molecular weight excluding hydrogens is 380 g/mol. The molecule has 5 nitrogen and oxygen atoms in total. The van der Waals surface area contributed by atoms with Crippen LogP contribution < -0.4 is 10.1 Å². The summed E-state index contributed by atoms with van der Waals surface area (Å²) >= 11 is 0. The van der Waals surface area contributed by atoms with E-state index in [1.54, 1.807) is 54.6 Å². The van der Waals surface area contributed by atoms with E-state index in [-0.39, 0.29) is 0 Å². The number of hydrogen-bond donors (Lipinski definition) is 1. The monoisotopic (exact) mass is 397 g/mol. The lowest BCUT2D eigenvalue weighted by Crippen LogP contribution is -2.26. The number of nitrogens with one attached hydrogen (secondary N) is 1. The third-order valence-corrected chi connectivity index (χ3v) is 4.07. The number of carbonyl (C=O) groups is 2. The second-order valence-corrected chi connectivity index (χ2v) is 6.01. The summed E-state index contributed by atoms with van der Waals surface area (Å²) in [6.45, 7) is 0. The second kappa shape index (κ2) is 8.97. The summed E-state index contributed by atoms with van der Waals surface area (Å²) < 4.78 is 38.2. The molecule has 148 valence electrons. The summed E-state index contributed by atoms with van der Waals surface area (Å²) in [5.74, 6) is -3.60. The molecule has 0 aromatic heterocycles. The van der Waals surface area contributed by atoms with Gasteiger partial charge < -0.3 is 14.8 Å². The molecule has 0 fully saturated rings. The van der Waals surface area contributed by atoms with Gasteiger partial charge in [-0.15, -0.1) is 0 Å². The standard InChI is InChI=1S/C22H17F2NO4/c1-28-16-10-5-9-15(13-16)25-21(26)20(14-7-3-2-4-8-14)29-22(27)19-17(23)11-6-12-18(19)24/h2-13,20H,1H3,(H,25,26). The highest BCUT2D eigenvalue weighted by Crippen LogP contribution is 2.24. The quantitative estimate of drug-likeness (QED) is 0.622. The summed E-state index contributed by atoms with van der Waals surface area (Å²) in [6, 6.07) is 17.8. The Kier molecular flexibility index (Phi) is 6.19. The molecule has 3 rings (SSSR count). The first-order valence-electron chi connectivity index (χ1n) is 8.64. The van der Waals surface area contributed by atoms with Gasteiger partial charge in [-0.05, 0) is 24.3 Å². The van der Waals surface area contributed by atoms with Gasteiger partial charge in [-0.25, -0.2) is 13.6 Å². The summed E-state index contributed by atoms with van der Waals surface area (Å²) in [5, 5.41) is 2.62. The normalized spacial score (nSPS) is 11.4. The molecule has 0 radical (unpaired) electrons. The first-order chi connectivity index (χ1) is 14.0. The van der Waals surface area contributed by atoms with E-state index in [1.807, 2.05) is 0 Å². The van der Waals surface area contributed by atoms with Crippen molar-refractivity contribution in [3.63, 3.8) is 0 Å². The van der Waals surface area contributed by atoms with E-state index in [0.29, 0.717) is 17.0 Å². The van der Waals surface area contributed by atoms with Gasteiger partial charge in [-0.1, -0.05) is 42.5 Å². The lowest BCUT2D eigenvalue weighted by molar-refractivity contribution is -0.125. The molecule has 1 unspecified atom stereocenters. The van der Waals surface area contributed by atoms with Crippen LogP contribution >= 0.6 is 0 Å². The van der Waals surface area contributed by atoms with E-state index in [4.69, 9.17) is 9.47 Å². The molecule has 0 aliphatic carbocycles. The Hall–Kier alpha value is -3.74. The number of ether oxygens (including phenoxy) is 2. The molecule has 0 aliphatic rings. The molecule has 7 heteroatoms. The van der Waals surface area contributed by atoms with E-state index >= 15 is 0 Å². The number of benzene rings is 3. The second-order valence-electron chi connectivity index (χ2n) is 6.01. The number of rotatable bonds is 6. The van der Waals surface area contributed by atoms with Gasteiger partial charge in [-0.2, -0.15) is 0 Å². The maximum absolute atomic E-state index is 13.9. The molecule has 0 saturated heterocycles. The highest BCUT2D eigenvalue weighted by molar-refractivity contribution is 5.98. The fourth-order valence-electron chi connectivity index (χ4n) is 2.67. The summed E-state index contributed by atoms with van der Waals surface area (Å²) in [4.78, 5) is 25.3. The van der Waals surface area contributed by atoms with Crippen LogP contribution in [0.15, 0.2) is 72.8 Å². The van der Waals surface area contributed by atoms with Crippen molar-refractivity contribution >= 4 is 17.6 Å². The number of anilines is 1. The van der Waals surface area contributed by atoms with Gasteiger partial charge >= 0.3 is 5.97 Å². The van der Waals surface area contributed by atoms with E-state index in [0.717, 1.165) is 18.2 Å². The Bertz CT molecular complexity index is 1000. The Morgan fingerprint density at radius 3 is 2.21 bits per heavy atom. The number of esters is 1. The number of hydrogen-bond acceptors (Lipinski definition) is 4. The minimum atomic E-state index is -1.42. The van der Waals surface area contributed by atoms with Crippen molar-refractivity contribution in [3.05, 3.63) is 95.6 Å². The molecule has 0 aliphatic heterocycles. The zero-order valence-corrected chi connectivity index (χ0v) is 15.4. The number of methoxy groups -OCH3 is 1. The van der Waals surface area contributed by atoms with Crippen LogP contribution in [0.5, 0.6) is 5.75 Å². The van der Waals surface area contributed by atoms with Crippen LogP contribution in [-0.4, -0.2) is 19.0 Å². The number of carbonyl (C=O) groups excluding carboxylic acids is 2. The van der Waals surface area contributed by atoms with Crippen molar-refractivity contribution < 1.29 is 27.8 Å². The van der Waals surface area contributed by atoms with Crippen LogP contribution in [0.2, 0.25) is 0 Å². The molecule has 3 aromatic rings. The van der Waals surface area contributed by atoms with Crippen molar-refractivity contribution in [3.8, 4) is 5.75 Å². The molecule has 3 aromatic carbocycles. The third-order valence-electron chi connectivity index (χ3n) is 4.07. The van der Waals surface area contributed by atoms with Crippen LogP contribution in [-0.2, 0) is 9.53 Å². The SMILES string of the molecule is COc1cccc(NC(=O)C(OC(=O)c2c(F)cccc2F)c2ccccc2)c1. The zero-order valence-electron chi connectivity index (χ0n) is 15.4. The summed E-state index contributed by atoms with van der Waals surface area (Å²) in [7, 11) is 1.48. The first kappa shape index (κ1) is 20.0. The number of amides is 1. The van der Waals surface area contributed by atoms with E-state index in [2.05, 4.69) is 5.32 Å². The molecule has 0 saturated carbocycles. The summed E-state index contributed by atoms with van der Waals surface area (Å²) in [6.07, 6.45) is -1.42. The average molecular weight is 397 g/mol. The van der Waals surface area contributed by atoms with E-state index in [9.17, 15) is 18.4 Å². The molecule has 0 heterocycles. The van der Waals surface area contributed by atoms with Crippen LogP contribution in [0.3, 0.4) is 0 Å². The fraction of sp³-hybridized carbons (Fsp3) is 0.0909. The van der Waals surface area contributed by atoms with Crippen LogP contribution in [0.1, 0.15) is 22.0 Å². The molecular formula is C22H17F2NO4. The van der Waals surface area contributed by atoms with E-state index < -0.39 is 35.2 Å². The molecule has 1 atom stereocenters. The Morgan fingerprint density at radius 2 is 1.55 bits per heavy atom. The molecule has 0 spiro atoms. The first-order valence-corrected chi connectivity index (χ1v) is 8.64. The Morgan fingerprint density at radius 1 is 0.897 bits per heavy atom. The van der Waals surface area contributed by atoms with Crippen LogP contribution in [0.4, 0.5) is 14.5 Å². The van der Waals surface area contributed by atoms with Crippen molar-refractivity contribution in [2.45, 2.75) is 6.10 Å². The molecule has 1 amide bonds. The van der Waals surface area contributed by atoms with Gasteiger partial charge in [0.25, 0.3) is 5.91 Å². The fourth-order valence-corrected chi connectivity index (χ4v) is 2.67. The molecule has 1 N–H and O–H groups in total. The smallest absolute Gasteiger partial charge is 0.345 e. The molecule has 29 heavy (non-hydrogen) atoms. The highest BCUT2D eigenvalue weighted by atomic mass is 19.1. The van der Waals surface area contributed by atoms with Crippen molar-refractivity contribution in [2.75, 3.05) is 12.4 Å². The van der Waals surface area contributed by atoms with Gasteiger partial charge in [0.05, 0.1) is 7.11 Å². The van der Waals surface area contributed by atoms with Gasteiger partial charge in [0.1, 0.15) is 22.9 Å². The zero-order chi connectivity index (χ0) is 20.8. The maximum atomic E-state index is 13.9. The van der Waals surface area contributed by atoms with Crippen LogP contribution in [0.25, 0.3) is 0 Å². The summed E-state index contributed by atoms with van der Waals surface area (Å²) in [5.41, 5.74) is -0.107. The Labute approximate surface area is 165 Å². The molecule has 0 bridgehead atoms. The topological polar surface area (TPSA) is 64.6 Å². The minimum Gasteiger partial charge on any atom is -0.497 e. The van der Waals surface area contributed by atoms with E-state index in [1.165, 1.54) is 7.11 Å². The van der Waals surface area contributed by atoms with Gasteiger partial charge in [-0.3, -0.25) is 4.79 Å². The lowest BCUT2D eigenvalue weighted by Gasteiger charge is -2.18. The predicted molar refractivity (Wildman–Crippen MR) is 103 cm³/mol. The Balaban J connectivity index is 1.89. The highest BCUT2D eigenvalue weighted by Gasteiger charge is 2.28. The minimum absolute atomic E-state index is 0.345. The predicted octanol–water partition coefficient (Wildman–Crippen LogP) is 4.51.